The number of hydrogen-bond acceptors (Lipinski definition) is 4. The minimum absolute atomic E-state index is 0.189. The summed E-state index contributed by atoms with van der Waals surface area (Å²) in [4.78, 5) is 23.1. The standard InChI is InChI=1S/C17H20F8O4/c18-14(19)16(22,23)17(24,25)15(20,21)8-28-12(26)2-1-3-13(27)29-11-7-9-4-5-10(11)6-9/h9-11,14H,1-8H2. The molecule has 2 saturated carbocycles. The molecule has 0 spiro atoms. The molecule has 0 aromatic heterocycles. The zero-order chi connectivity index (χ0) is 22.0. The van der Waals surface area contributed by atoms with Crippen molar-refractivity contribution in [1.29, 1.82) is 0 Å². The minimum Gasteiger partial charge on any atom is -0.462 e. The fraction of sp³-hybridized carbons (Fsp3) is 0.882. The van der Waals surface area contributed by atoms with E-state index < -0.39 is 49.2 Å². The number of halogens is 8. The van der Waals surface area contributed by atoms with Gasteiger partial charge in [-0.1, -0.05) is 0 Å². The van der Waals surface area contributed by atoms with Crippen LogP contribution in [0.25, 0.3) is 0 Å². The first-order valence-corrected chi connectivity index (χ1v) is 9.04. The van der Waals surface area contributed by atoms with Gasteiger partial charge in [0.2, 0.25) is 0 Å². The number of rotatable bonds is 10. The van der Waals surface area contributed by atoms with E-state index in [1.807, 2.05) is 0 Å². The molecule has 0 N–H and O–H groups in total. The number of esters is 2. The molecular formula is C17H20F8O4. The van der Waals surface area contributed by atoms with Crippen molar-refractivity contribution in [1.82, 2.24) is 0 Å². The van der Waals surface area contributed by atoms with Crippen molar-refractivity contribution in [2.24, 2.45) is 11.8 Å². The molecule has 2 fully saturated rings. The lowest BCUT2D eigenvalue weighted by molar-refractivity contribution is -0.344. The molecule has 168 valence electrons. The van der Waals surface area contributed by atoms with Crippen LogP contribution in [-0.2, 0) is 19.1 Å². The first kappa shape index (κ1) is 23.7. The van der Waals surface area contributed by atoms with Gasteiger partial charge in [0.15, 0.2) is 6.61 Å². The Balaban J connectivity index is 1.71. The molecule has 3 unspecified atom stereocenters. The normalized spacial score (nSPS) is 24.8. The monoisotopic (exact) mass is 440 g/mol. The van der Waals surface area contributed by atoms with Crippen LogP contribution in [-0.4, -0.2) is 48.8 Å². The molecule has 2 aliphatic rings. The Morgan fingerprint density at radius 3 is 2.07 bits per heavy atom. The van der Waals surface area contributed by atoms with Crippen molar-refractivity contribution in [2.45, 2.75) is 75.2 Å². The molecule has 4 nitrogen and oxygen atoms in total. The zero-order valence-corrected chi connectivity index (χ0v) is 15.1. The molecule has 2 bridgehead atoms. The van der Waals surface area contributed by atoms with E-state index in [1.54, 1.807) is 0 Å². The molecule has 0 aromatic carbocycles. The van der Waals surface area contributed by atoms with Crippen molar-refractivity contribution in [3.63, 3.8) is 0 Å². The van der Waals surface area contributed by atoms with E-state index in [0.717, 1.165) is 25.7 Å². The molecule has 0 aliphatic heterocycles. The van der Waals surface area contributed by atoms with Gasteiger partial charge in [0.05, 0.1) is 0 Å². The molecule has 2 rings (SSSR count). The molecule has 29 heavy (non-hydrogen) atoms. The van der Waals surface area contributed by atoms with E-state index in [-0.39, 0.29) is 18.9 Å². The second-order valence-electron chi connectivity index (χ2n) is 7.42. The van der Waals surface area contributed by atoms with Gasteiger partial charge in [-0.15, -0.1) is 0 Å². The second-order valence-corrected chi connectivity index (χ2v) is 7.42. The number of ether oxygens (including phenoxy) is 2. The fourth-order valence-electron chi connectivity index (χ4n) is 3.65. The van der Waals surface area contributed by atoms with Crippen molar-refractivity contribution in [3.8, 4) is 0 Å². The highest BCUT2D eigenvalue weighted by molar-refractivity contribution is 5.72. The summed E-state index contributed by atoms with van der Waals surface area (Å²) in [6, 6.07) is 0. The predicted octanol–water partition coefficient (Wildman–Crippen LogP) is 4.60. The van der Waals surface area contributed by atoms with Crippen LogP contribution < -0.4 is 0 Å². The van der Waals surface area contributed by atoms with Crippen LogP contribution in [0.3, 0.4) is 0 Å². The molecular weight excluding hydrogens is 420 g/mol. The molecule has 3 atom stereocenters. The van der Waals surface area contributed by atoms with Crippen LogP contribution in [0.1, 0.15) is 44.9 Å². The van der Waals surface area contributed by atoms with Crippen LogP contribution in [0.15, 0.2) is 0 Å². The Labute approximate surface area is 160 Å². The third-order valence-corrected chi connectivity index (χ3v) is 5.28. The highest BCUT2D eigenvalue weighted by atomic mass is 19.4. The number of fused-ring (bicyclic) bond motifs is 2. The third kappa shape index (κ3) is 5.11. The summed E-state index contributed by atoms with van der Waals surface area (Å²) in [6.45, 7) is -2.50. The average Bonchev–Trinajstić information content (AvgIpc) is 3.22. The van der Waals surface area contributed by atoms with Crippen LogP contribution in [0.4, 0.5) is 35.1 Å². The smallest absolute Gasteiger partial charge is 0.381 e. The van der Waals surface area contributed by atoms with E-state index in [1.165, 1.54) is 0 Å². The van der Waals surface area contributed by atoms with Gasteiger partial charge >= 0.3 is 36.1 Å². The molecule has 2 aliphatic carbocycles. The summed E-state index contributed by atoms with van der Waals surface area (Å²) in [6.07, 6.45) is -2.49. The van der Waals surface area contributed by atoms with Gasteiger partial charge in [0, 0.05) is 12.8 Å². The summed E-state index contributed by atoms with van der Waals surface area (Å²) >= 11 is 0. The number of carbonyl (C=O) groups excluding carboxylic acids is 2. The van der Waals surface area contributed by atoms with Crippen molar-refractivity contribution in [2.75, 3.05) is 6.61 Å². The quantitative estimate of drug-likeness (QED) is 0.368. The summed E-state index contributed by atoms with van der Waals surface area (Å²) in [5, 5.41) is 0. The van der Waals surface area contributed by atoms with Gasteiger partial charge in [0.1, 0.15) is 6.10 Å². The van der Waals surface area contributed by atoms with Crippen molar-refractivity contribution >= 4 is 11.9 Å². The predicted molar refractivity (Wildman–Crippen MR) is 81.0 cm³/mol. The van der Waals surface area contributed by atoms with Gasteiger partial charge in [-0.25, -0.2) is 8.78 Å². The molecule has 0 heterocycles. The highest BCUT2D eigenvalue weighted by Gasteiger charge is 2.75. The topological polar surface area (TPSA) is 52.6 Å². The van der Waals surface area contributed by atoms with Gasteiger partial charge in [0.25, 0.3) is 0 Å². The molecule has 0 amide bonds. The Bertz CT molecular complexity index is 610. The van der Waals surface area contributed by atoms with Crippen LogP contribution in [0.2, 0.25) is 0 Å². The summed E-state index contributed by atoms with van der Waals surface area (Å²) in [7, 11) is 0. The van der Waals surface area contributed by atoms with Gasteiger partial charge in [-0.2, -0.15) is 26.3 Å². The number of carbonyl (C=O) groups is 2. The second kappa shape index (κ2) is 8.63. The average molecular weight is 440 g/mol. The maximum absolute atomic E-state index is 13.3. The highest BCUT2D eigenvalue weighted by Crippen LogP contribution is 2.48. The van der Waals surface area contributed by atoms with Gasteiger partial charge in [-0.3, -0.25) is 9.59 Å². The van der Waals surface area contributed by atoms with E-state index in [9.17, 15) is 44.7 Å². The van der Waals surface area contributed by atoms with Crippen molar-refractivity contribution < 1.29 is 54.2 Å². The zero-order valence-electron chi connectivity index (χ0n) is 15.1. The lowest BCUT2D eigenvalue weighted by Gasteiger charge is -2.31. The van der Waals surface area contributed by atoms with Crippen LogP contribution >= 0.6 is 0 Å². The molecule has 0 saturated heterocycles. The summed E-state index contributed by atoms with van der Waals surface area (Å²) in [5.41, 5.74) is 0. The minimum atomic E-state index is -6.43. The Morgan fingerprint density at radius 1 is 0.931 bits per heavy atom. The van der Waals surface area contributed by atoms with Crippen LogP contribution in [0, 0.1) is 11.8 Å². The van der Waals surface area contributed by atoms with Crippen LogP contribution in [0.5, 0.6) is 0 Å². The molecule has 12 heteroatoms. The first-order valence-electron chi connectivity index (χ1n) is 9.04. The lowest BCUT2D eigenvalue weighted by atomic mass is 9.98. The molecule has 0 radical (unpaired) electrons. The van der Waals surface area contributed by atoms with E-state index >= 15 is 0 Å². The molecule has 0 aromatic rings. The number of alkyl halides is 8. The lowest BCUT2D eigenvalue weighted by Crippen LogP contribution is -2.59. The maximum Gasteiger partial charge on any atom is 0.381 e. The largest absolute Gasteiger partial charge is 0.462 e. The van der Waals surface area contributed by atoms with Gasteiger partial charge < -0.3 is 9.47 Å². The number of hydrogen-bond donors (Lipinski definition) is 0. The summed E-state index contributed by atoms with van der Waals surface area (Å²) in [5.74, 6) is -19.7. The third-order valence-electron chi connectivity index (χ3n) is 5.28. The van der Waals surface area contributed by atoms with Gasteiger partial charge in [-0.05, 0) is 43.9 Å². The fourth-order valence-corrected chi connectivity index (χ4v) is 3.65. The Kier molecular flexibility index (Phi) is 7.04. The first-order chi connectivity index (χ1) is 13.3. The maximum atomic E-state index is 13.3. The summed E-state index contributed by atoms with van der Waals surface area (Å²) < 4.78 is 111. The van der Waals surface area contributed by atoms with E-state index in [0.29, 0.717) is 11.8 Å². The van der Waals surface area contributed by atoms with E-state index in [2.05, 4.69) is 4.74 Å². The van der Waals surface area contributed by atoms with E-state index in [4.69, 9.17) is 4.74 Å². The Hall–Kier alpha value is -1.62. The SMILES string of the molecule is O=C(CCCC(=O)OC1CC2CCC1C2)OCC(F)(F)C(F)(F)C(F)(F)C(F)F. The van der Waals surface area contributed by atoms with Crippen molar-refractivity contribution in [3.05, 3.63) is 0 Å². The Morgan fingerprint density at radius 2 is 1.55 bits per heavy atom.